The number of ether oxygens (including phenoxy) is 1. The molecule has 0 amide bonds. The van der Waals surface area contributed by atoms with Crippen molar-refractivity contribution in [1.82, 2.24) is 0 Å². The van der Waals surface area contributed by atoms with Crippen LogP contribution in [0.3, 0.4) is 0 Å². The van der Waals surface area contributed by atoms with Crippen molar-refractivity contribution in [2.75, 3.05) is 7.11 Å². The predicted octanol–water partition coefficient (Wildman–Crippen LogP) is 9.07. The monoisotopic (exact) mass is 546 g/mol. The van der Waals surface area contributed by atoms with Crippen LogP contribution in [0, 0.1) is 6.92 Å². The first-order valence-corrected chi connectivity index (χ1v) is 25.3. The van der Waals surface area contributed by atoms with Crippen molar-refractivity contribution in [2.45, 2.75) is 99.6 Å². The second-order valence-corrected chi connectivity index (χ2v) is 37.0. The number of benzene rings is 1. The number of methoxy groups -OCH3 is 1. The summed E-state index contributed by atoms with van der Waals surface area (Å²) in [7, 11) is -0.470. The van der Waals surface area contributed by atoms with Gasteiger partial charge in [0.15, 0.2) is 0 Å². The third-order valence-corrected chi connectivity index (χ3v) is 42.1. The van der Waals surface area contributed by atoms with Crippen LogP contribution in [0.15, 0.2) is 36.4 Å². The van der Waals surface area contributed by atoms with Gasteiger partial charge in [0.25, 0.3) is 0 Å². The summed E-state index contributed by atoms with van der Waals surface area (Å²) in [6, 6.07) is 4.78. The molecule has 178 valence electrons. The molecule has 0 atom stereocenters. The zero-order chi connectivity index (χ0) is 24.8. The third kappa shape index (κ3) is 6.18. The first-order chi connectivity index (χ1) is 14.3. The van der Waals surface area contributed by atoms with Gasteiger partial charge in [-0.1, -0.05) is 0 Å². The van der Waals surface area contributed by atoms with E-state index in [1.54, 1.807) is 5.71 Å². The summed E-state index contributed by atoms with van der Waals surface area (Å²) in [5.41, 5.74) is 4.16. The molecule has 1 nitrogen and oxygen atoms in total. The van der Waals surface area contributed by atoms with E-state index in [2.05, 4.69) is 117 Å². The fourth-order valence-corrected chi connectivity index (χ4v) is 44.8. The predicted molar refractivity (Wildman–Crippen MR) is 147 cm³/mol. The van der Waals surface area contributed by atoms with Crippen molar-refractivity contribution in [3.05, 3.63) is 53.1 Å². The van der Waals surface area contributed by atoms with E-state index < -0.39 is 43.6 Å². The standard InChI is InChI=1S/C20H27O.2C4H11Si.Y/c1-14-12-16(19(2,3)4)18(21-7)17(13-14)20(5,6)15-10-8-9-11-15;2*1-5(2,3)4;/h8-13H,1-7H3;2*1H2,2-4H3;. The van der Waals surface area contributed by atoms with Gasteiger partial charge in [-0.05, 0) is 0 Å². The molecule has 32 heavy (non-hydrogen) atoms. The average molecular weight is 547 g/mol. The van der Waals surface area contributed by atoms with Gasteiger partial charge in [0.1, 0.15) is 0 Å². The first-order valence-electron chi connectivity index (χ1n) is 12.4. The number of hydrogen-bond acceptors (Lipinski definition) is 1. The van der Waals surface area contributed by atoms with Crippen molar-refractivity contribution < 1.29 is 32.2 Å². The third-order valence-electron chi connectivity index (χ3n) is 7.25. The minimum absolute atomic E-state index is 0.00785. The summed E-state index contributed by atoms with van der Waals surface area (Å²) < 4.78 is 9.57. The summed E-state index contributed by atoms with van der Waals surface area (Å²) in [4.78, 5) is 0. The van der Waals surface area contributed by atoms with E-state index in [1.165, 1.54) is 16.7 Å². The quantitative estimate of drug-likeness (QED) is 0.296. The average Bonchev–Trinajstić information content (AvgIpc) is 3.09. The second kappa shape index (κ2) is 9.59. The van der Waals surface area contributed by atoms with Crippen LogP contribution < -0.4 is 4.74 Å². The van der Waals surface area contributed by atoms with E-state index in [-0.39, 0.29) is 13.1 Å². The molecule has 0 saturated carbocycles. The molecule has 1 aliphatic carbocycles. The summed E-state index contributed by atoms with van der Waals surface area (Å²) >= 11 is -2.11. The Balaban J connectivity index is 2.81. The van der Waals surface area contributed by atoms with E-state index in [0.29, 0.717) is 0 Å². The van der Waals surface area contributed by atoms with Crippen LogP contribution in [-0.2, 0) is 38.3 Å². The van der Waals surface area contributed by atoms with Crippen LogP contribution in [0.2, 0.25) is 47.2 Å². The van der Waals surface area contributed by atoms with Gasteiger partial charge < -0.3 is 0 Å². The first kappa shape index (κ1) is 28.3. The molecule has 0 bridgehead atoms. The molecular formula is C28H49OSi2Y. The van der Waals surface area contributed by atoms with E-state index in [9.17, 15) is 0 Å². The van der Waals surface area contributed by atoms with Crippen LogP contribution in [0.25, 0.3) is 0 Å². The molecule has 0 radical (unpaired) electrons. The van der Waals surface area contributed by atoms with E-state index in [0.717, 1.165) is 5.75 Å². The summed E-state index contributed by atoms with van der Waals surface area (Å²) in [5, 5.41) is 0. The Morgan fingerprint density at radius 3 is 1.62 bits per heavy atom. The van der Waals surface area contributed by atoms with Crippen molar-refractivity contribution in [2.24, 2.45) is 0 Å². The molecule has 1 aromatic rings. The molecule has 4 heteroatoms. The van der Waals surface area contributed by atoms with Gasteiger partial charge in [-0.15, -0.1) is 0 Å². The molecule has 0 fully saturated rings. The van der Waals surface area contributed by atoms with Crippen LogP contribution in [0.1, 0.15) is 51.3 Å². The Morgan fingerprint density at radius 1 is 0.812 bits per heavy atom. The van der Waals surface area contributed by atoms with Gasteiger partial charge in [0, 0.05) is 0 Å². The minimum atomic E-state index is -2.11. The molecule has 2 rings (SSSR count). The molecule has 1 aromatic carbocycles. The van der Waals surface area contributed by atoms with E-state index in [1.807, 2.05) is 7.11 Å². The van der Waals surface area contributed by atoms with Gasteiger partial charge in [0.05, 0.1) is 0 Å². The fourth-order valence-electron chi connectivity index (χ4n) is 5.82. The Kier molecular flexibility index (Phi) is 8.47. The molecule has 0 spiro atoms. The fraction of sp³-hybridized carbons (Fsp3) is 0.643. The second-order valence-electron chi connectivity index (χ2n) is 14.1. The number of allylic oxidation sites excluding steroid dienone is 4. The van der Waals surface area contributed by atoms with Crippen LogP contribution in [0.5, 0.6) is 5.75 Å². The molecular weight excluding hydrogens is 497 g/mol. The maximum atomic E-state index is 6.22. The van der Waals surface area contributed by atoms with E-state index in [4.69, 9.17) is 4.74 Å². The van der Waals surface area contributed by atoms with Crippen molar-refractivity contribution in [3.8, 4) is 5.75 Å². The Morgan fingerprint density at radius 2 is 1.25 bits per heavy atom. The molecule has 0 aromatic heterocycles. The summed E-state index contributed by atoms with van der Waals surface area (Å²) in [6.07, 6.45) is 9.97. The van der Waals surface area contributed by atoms with Crippen LogP contribution >= 0.6 is 0 Å². The number of hydrogen-bond donors (Lipinski definition) is 0. The van der Waals surface area contributed by atoms with Crippen LogP contribution in [-0.4, -0.2) is 23.3 Å². The molecule has 1 aliphatic rings. The molecule has 0 aliphatic heterocycles. The molecule has 0 heterocycles. The maximum absolute atomic E-state index is 6.22. The number of rotatable bonds is 8. The Bertz CT molecular complexity index is 848. The normalized spacial score (nSPS) is 16.5. The van der Waals surface area contributed by atoms with Gasteiger partial charge in [-0.2, -0.15) is 0 Å². The zero-order valence-corrected chi connectivity index (χ0v) is 28.2. The van der Waals surface area contributed by atoms with Crippen molar-refractivity contribution >= 4 is 16.1 Å². The van der Waals surface area contributed by atoms with Gasteiger partial charge in [-0.25, -0.2) is 0 Å². The van der Waals surface area contributed by atoms with Gasteiger partial charge >= 0.3 is 214 Å². The SMILES string of the molecule is COc1c(C(C)(C)C)cc(C)cc1C(C)(C)[C]1([Y]([CH2][Si](C)(C)C)[CH2][Si](C)(C)C)C=CC=C1. The van der Waals surface area contributed by atoms with Gasteiger partial charge in [0.2, 0.25) is 0 Å². The molecule has 0 unspecified atom stereocenters. The summed E-state index contributed by atoms with van der Waals surface area (Å²) in [5.74, 6) is 1.12. The molecule has 0 N–H and O–H groups in total. The zero-order valence-electron chi connectivity index (χ0n) is 23.4. The molecule has 0 saturated heterocycles. The van der Waals surface area contributed by atoms with E-state index >= 15 is 0 Å². The van der Waals surface area contributed by atoms with Crippen LogP contribution in [0.4, 0.5) is 0 Å². The Hall–Kier alpha value is 0.0377. The Labute approximate surface area is 212 Å². The van der Waals surface area contributed by atoms with Crippen molar-refractivity contribution in [3.63, 3.8) is 0 Å². The topological polar surface area (TPSA) is 9.23 Å². The van der Waals surface area contributed by atoms with Crippen molar-refractivity contribution in [1.29, 1.82) is 0 Å². The number of aryl methyl sites for hydroxylation is 1. The summed E-state index contributed by atoms with van der Waals surface area (Å²) in [6.45, 7) is 29.8. The van der Waals surface area contributed by atoms with Gasteiger partial charge in [-0.3, -0.25) is 0 Å².